The maximum atomic E-state index is 13.4. The van der Waals surface area contributed by atoms with Gasteiger partial charge in [0.2, 0.25) is 10.0 Å². The Morgan fingerprint density at radius 2 is 2.05 bits per heavy atom. The standard InChI is InChI=1S/C14H17FN2O2S2/c1-10(2)17(9-12-4-3-7-20-12)21(18,19)14-8-11(15)5-6-13(14)16/h3-8,10H,9,16H2,1-2H3. The molecule has 1 heterocycles. The molecule has 0 spiro atoms. The van der Waals surface area contributed by atoms with Crippen molar-refractivity contribution in [2.75, 3.05) is 5.73 Å². The Labute approximate surface area is 128 Å². The quantitative estimate of drug-likeness (QED) is 0.858. The van der Waals surface area contributed by atoms with E-state index < -0.39 is 15.8 Å². The van der Waals surface area contributed by atoms with E-state index in [1.165, 1.54) is 21.7 Å². The molecule has 0 fully saturated rings. The van der Waals surface area contributed by atoms with E-state index in [2.05, 4.69) is 0 Å². The highest BCUT2D eigenvalue weighted by molar-refractivity contribution is 7.89. The molecule has 0 unspecified atom stereocenters. The number of hydrogen-bond acceptors (Lipinski definition) is 4. The van der Waals surface area contributed by atoms with Gasteiger partial charge in [-0.25, -0.2) is 12.8 Å². The number of benzene rings is 1. The van der Waals surface area contributed by atoms with Crippen molar-refractivity contribution < 1.29 is 12.8 Å². The van der Waals surface area contributed by atoms with Crippen molar-refractivity contribution in [3.63, 3.8) is 0 Å². The van der Waals surface area contributed by atoms with E-state index in [-0.39, 0.29) is 23.2 Å². The van der Waals surface area contributed by atoms with Crippen LogP contribution in [-0.2, 0) is 16.6 Å². The van der Waals surface area contributed by atoms with Gasteiger partial charge in [-0.05, 0) is 43.5 Å². The van der Waals surface area contributed by atoms with Crippen molar-refractivity contribution in [1.29, 1.82) is 0 Å². The van der Waals surface area contributed by atoms with Crippen LogP contribution >= 0.6 is 11.3 Å². The van der Waals surface area contributed by atoms with Crippen molar-refractivity contribution in [2.45, 2.75) is 31.3 Å². The molecule has 0 aliphatic rings. The van der Waals surface area contributed by atoms with Crippen molar-refractivity contribution in [3.8, 4) is 0 Å². The first-order valence-corrected chi connectivity index (χ1v) is 8.73. The number of nitrogens with zero attached hydrogens (tertiary/aromatic N) is 1. The lowest BCUT2D eigenvalue weighted by atomic mass is 10.3. The molecule has 2 N–H and O–H groups in total. The summed E-state index contributed by atoms with van der Waals surface area (Å²) < 4.78 is 40.2. The third-order valence-corrected chi connectivity index (χ3v) is 5.97. The fourth-order valence-electron chi connectivity index (χ4n) is 1.96. The summed E-state index contributed by atoms with van der Waals surface area (Å²) in [6.45, 7) is 3.80. The lowest BCUT2D eigenvalue weighted by Crippen LogP contribution is -2.36. The minimum atomic E-state index is -3.85. The normalized spacial score (nSPS) is 12.2. The number of sulfonamides is 1. The average molecular weight is 328 g/mol. The van der Waals surface area contributed by atoms with E-state index in [0.717, 1.165) is 17.0 Å². The molecule has 2 aromatic rings. The SMILES string of the molecule is CC(C)N(Cc1cccs1)S(=O)(=O)c1cc(F)ccc1N. The highest BCUT2D eigenvalue weighted by Gasteiger charge is 2.29. The Hall–Kier alpha value is -1.44. The molecule has 1 aromatic carbocycles. The first-order chi connectivity index (χ1) is 9.82. The zero-order chi connectivity index (χ0) is 15.6. The van der Waals surface area contributed by atoms with Crippen molar-refractivity contribution in [1.82, 2.24) is 4.31 Å². The molecule has 0 aliphatic heterocycles. The van der Waals surface area contributed by atoms with E-state index in [9.17, 15) is 12.8 Å². The summed E-state index contributed by atoms with van der Waals surface area (Å²) in [4.78, 5) is 0.731. The van der Waals surface area contributed by atoms with E-state index in [1.54, 1.807) is 13.8 Å². The highest BCUT2D eigenvalue weighted by atomic mass is 32.2. The second-order valence-electron chi connectivity index (χ2n) is 4.91. The number of thiophene rings is 1. The van der Waals surface area contributed by atoms with Crippen LogP contribution in [0.15, 0.2) is 40.6 Å². The van der Waals surface area contributed by atoms with Gasteiger partial charge in [-0.3, -0.25) is 0 Å². The summed E-state index contributed by atoms with van der Waals surface area (Å²) in [7, 11) is -3.85. The Kier molecular flexibility index (Phi) is 4.65. The van der Waals surface area contributed by atoms with Crippen LogP contribution in [0.3, 0.4) is 0 Å². The van der Waals surface area contributed by atoms with Gasteiger partial charge < -0.3 is 5.73 Å². The molecule has 0 amide bonds. The summed E-state index contributed by atoms with van der Waals surface area (Å²) in [6, 6.07) is 6.85. The molecule has 114 valence electrons. The number of halogens is 1. The molecule has 0 radical (unpaired) electrons. The third kappa shape index (κ3) is 3.42. The highest BCUT2D eigenvalue weighted by Crippen LogP contribution is 2.27. The van der Waals surface area contributed by atoms with Gasteiger partial charge in [0.1, 0.15) is 10.7 Å². The van der Waals surface area contributed by atoms with Gasteiger partial charge in [0, 0.05) is 17.5 Å². The summed E-state index contributed by atoms with van der Waals surface area (Å²) >= 11 is 1.48. The fourth-order valence-corrected chi connectivity index (χ4v) is 4.49. The van der Waals surface area contributed by atoms with E-state index in [1.807, 2.05) is 17.5 Å². The summed E-state index contributed by atoms with van der Waals surface area (Å²) in [6.07, 6.45) is 0. The van der Waals surface area contributed by atoms with Gasteiger partial charge in [0.15, 0.2) is 0 Å². The molecule has 0 saturated heterocycles. The molecular formula is C14H17FN2O2S2. The van der Waals surface area contributed by atoms with Gasteiger partial charge in [0.05, 0.1) is 5.69 Å². The van der Waals surface area contributed by atoms with Crippen LogP contribution in [0.4, 0.5) is 10.1 Å². The van der Waals surface area contributed by atoms with E-state index in [4.69, 9.17) is 5.73 Å². The van der Waals surface area contributed by atoms with Crippen LogP contribution in [0.2, 0.25) is 0 Å². The van der Waals surface area contributed by atoms with Gasteiger partial charge >= 0.3 is 0 Å². The van der Waals surface area contributed by atoms with Crippen LogP contribution < -0.4 is 5.73 Å². The van der Waals surface area contributed by atoms with Gasteiger partial charge in [-0.1, -0.05) is 6.07 Å². The Balaban J connectivity index is 2.45. The Morgan fingerprint density at radius 3 is 2.62 bits per heavy atom. The molecule has 0 aliphatic carbocycles. The first-order valence-electron chi connectivity index (χ1n) is 6.41. The number of anilines is 1. The monoisotopic (exact) mass is 328 g/mol. The molecule has 21 heavy (non-hydrogen) atoms. The minimum absolute atomic E-state index is 0.0493. The summed E-state index contributed by atoms with van der Waals surface area (Å²) in [5.74, 6) is -0.623. The maximum Gasteiger partial charge on any atom is 0.245 e. The first kappa shape index (κ1) is 15.9. The maximum absolute atomic E-state index is 13.4. The molecule has 0 saturated carbocycles. The minimum Gasteiger partial charge on any atom is -0.398 e. The molecule has 1 aromatic heterocycles. The van der Waals surface area contributed by atoms with Gasteiger partial charge in [-0.15, -0.1) is 11.3 Å². The third-order valence-electron chi connectivity index (χ3n) is 3.03. The summed E-state index contributed by atoms with van der Waals surface area (Å²) in [5, 5.41) is 1.89. The van der Waals surface area contributed by atoms with Crippen molar-refractivity contribution in [3.05, 3.63) is 46.4 Å². The second kappa shape index (κ2) is 6.13. The number of hydrogen-bond donors (Lipinski definition) is 1. The lowest BCUT2D eigenvalue weighted by Gasteiger charge is -2.26. The van der Waals surface area contributed by atoms with Gasteiger partial charge in [-0.2, -0.15) is 4.31 Å². The van der Waals surface area contributed by atoms with Crippen LogP contribution in [0.5, 0.6) is 0 Å². The van der Waals surface area contributed by atoms with Crippen LogP contribution in [-0.4, -0.2) is 18.8 Å². The lowest BCUT2D eigenvalue weighted by molar-refractivity contribution is 0.350. The van der Waals surface area contributed by atoms with E-state index >= 15 is 0 Å². The fraction of sp³-hybridized carbons (Fsp3) is 0.286. The molecule has 4 nitrogen and oxygen atoms in total. The molecular weight excluding hydrogens is 311 g/mol. The molecule has 2 rings (SSSR count). The Morgan fingerprint density at radius 1 is 1.33 bits per heavy atom. The average Bonchev–Trinajstić information content (AvgIpc) is 2.91. The topological polar surface area (TPSA) is 63.4 Å². The number of rotatable bonds is 5. The summed E-state index contributed by atoms with van der Waals surface area (Å²) in [5.41, 5.74) is 5.77. The Bertz CT molecular complexity index is 713. The van der Waals surface area contributed by atoms with Crippen molar-refractivity contribution in [2.24, 2.45) is 0 Å². The van der Waals surface area contributed by atoms with E-state index in [0.29, 0.717) is 0 Å². The van der Waals surface area contributed by atoms with Gasteiger partial charge in [0.25, 0.3) is 0 Å². The largest absolute Gasteiger partial charge is 0.398 e. The molecule has 0 bridgehead atoms. The predicted octanol–water partition coefficient (Wildman–Crippen LogP) is 3.07. The van der Waals surface area contributed by atoms with Crippen molar-refractivity contribution >= 4 is 27.0 Å². The van der Waals surface area contributed by atoms with Crippen LogP contribution in [0.25, 0.3) is 0 Å². The zero-order valence-electron chi connectivity index (χ0n) is 11.8. The molecule has 0 atom stereocenters. The second-order valence-corrected chi connectivity index (χ2v) is 7.80. The number of nitrogens with two attached hydrogens (primary N) is 1. The molecule has 7 heteroatoms. The predicted molar refractivity (Wildman–Crippen MR) is 83.0 cm³/mol. The smallest absolute Gasteiger partial charge is 0.245 e. The van der Waals surface area contributed by atoms with Crippen LogP contribution in [0.1, 0.15) is 18.7 Å². The van der Waals surface area contributed by atoms with Crippen LogP contribution in [0, 0.1) is 5.82 Å². The number of nitrogen functional groups attached to an aromatic ring is 1. The zero-order valence-corrected chi connectivity index (χ0v) is 13.4.